The van der Waals surface area contributed by atoms with Crippen molar-refractivity contribution in [3.8, 4) is 0 Å². The second kappa shape index (κ2) is 12.2. The van der Waals surface area contributed by atoms with Gasteiger partial charge in [0.05, 0.1) is 13.2 Å². The van der Waals surface area contributed by atoms with Gasteiger partial charge in [-0.3, -0.25) is 10.1 Å². The standard InChI is InChI=1S/C10H20N2O9/c13-9(5-11(15)16)6-19-3-1-2-4-20-7-10(14)8-21-12(17)18/h9-10,13-14H,1-8H2. The van der Waals surface area contributed by atoms with E-state index in [1.54, 1.807) is 0 Å². The fourth-order valence-electron chi connectivity index (χ4n) is 1.27. The molecule has 2 unspecified atom stereocenters. The van der Waals surface area contributed by atoms with Gasteiger partial charge in [-0.25, -0.2) is 0 Å². The lowest BCUT2D eigenvalue weighted by molar-refractivity contribution is -0.759. The van der Waals surface area contributed by atoms with E-state index in [1.807, 2.05) is 0 Å². The number of unbranched alkanes of at least 4 members (excludes halogenated alkanes) is 1. The number of nitro groups is 1. The van der Waals surface area contributed by atoms with Crippen molar-refractivity contribution in [2.24, 2.45) is 0 Å². The van der Waals surface area contributed by atoms with Gasteiger partial charge in [-0.1, -0.05) is 0 Å². The first-order valence-electron chi connectivity index (χ1n) is 6.32. The van der Waals surface area contributed by atoms with Crippen LogP contribution in [0.3, 0.4) is 0 Å². The van der Waals surface area contributed by atoms with Crippen LogP contribution in [0.2, 0.25) is 0 Å². The Morgan fingerprint density at radius 1 is 0.905 bits per heavy atom. The van der Waals surface area contributed by atoms with E-state index in [1.165, 1.54) is 0 Å². The fraction of sp³-hybridized carbons (Fsp3) is 1.00. The van der Waals surface area contributed by atoms with Crippen LogP contribution in [0.15, 0.2) is 0 Å². The number of rotatable bonds is 14. The van der Waals surface area contributed by atoms with Gasteiger partial charge in [0.1, 0.15) is 18.8 Å². The molecule has 0 aromatic rings. The van der Waals surface area contributed by atoms with Crippen molar-refractivity contribution >= 4 is 0 Å². The fourth-order valence-corrected chi connectivity index (χ4v) is 1.27. The topological polar surface area (TPSA) is 154 Å². The van der Waals surface area contributed by atoms with E-state index >= 15 is 0 Å². The lowest BCUT2D eigenvalue weighted by atomic mass is 10.3. The van der Waals surface area contributed by atoms with Gasteiger partial charge >= 0.3 is 0 Å². The van der Waals surface area contributed by atoms with Gasteiger partial charge in [0.15, 0.2) is 0 Å². The minimum atomic E-state index is -1.12. The molecule has 2 N–H and O–H groups in total. The summed E-state index contributed by atoms with van der Waals surface area (Å²) in [5.41, 5.74) is 0. The minimum Gasteiger partial charge on any atom is -0.389 e. The third-order valence-electron chi connectivity index (χ3n) is 2.18. The van der Waals surface area contributed by atoms with Crippen molar-refractivity contribution in [3.63, 3.8) is 0 Å². The molecule has 11 heteroatoms. The van der Waals surface area contributed by atoms with E-state index in [2.05, 4.69) is 4.84 Å². The predicted molar refractivity (Wildman–Crippen MR) is 67.7 cm³/mol. The molecule has 21 heavy (non-hydrogen) atoms. The van der Waals surface area contributed by atoms with Crippen molar-refractivity contribution in [3.05, 3.63) is 20.2 Å². The van der Waals surface area contributed by atoms with E-state index < -0.39 is 35.4 Å². The van der Waals surface area contributed by atoms with Crippen LogP contribution in [0.5, 0.6) is 0 Å². The molecule has 0 saturated carbocycles. The maximum Gasteiger partial charge on any atom is 0.294 e. The Hall–Kier alpha value is -1.56. The summed E-state index contributed by atoms with van der Waals surface area (Å²) >= 11 is 0. The minimum absolute atomic E-state index is 0.0732. The molecule has 0 fully saturated rings. The van der Waals surface area contributed by atoms with Gasteiger partial charge in [0.25, 0.3) is 5.09 Å². The predicted octanol–water partition coefficient (Wildman–Crippen LogP) is -0.993. The van der Waals surface area contributed by atoms with Gasteiger partial charge in [-0.2, -0.15) is 0 Å². The quantitative estimate of drug-likeness (QED) is 0.233. The summed E-state index contributed by atoms with van der Waals surface area (Å²) in [5, 5.41) is 37.3. The van der Waals surface area contributed by atoms with Crippen molar-refractivity contribution in [2.45, 2.75) is 25.0 Å². The Labute approximate surface area is 120 Å². The molecule has 11 nitrogen and oxygen atoms in total. The van der Waals surface area contributed by atoms with Gasteiger partial charge in [0.2, 0.25) is 6.54 Å². The van der Waals surface area contributed by atoms with Gasteiger partial charge in [-0.15, -0.1) is 10.1 Å². The first-order valence-corrected chi connectivity index (χ1v) is 6.32. The molecule has 0 rings (SSSR count). The Morgan fingerprint density at radius 3 is 1.90 bits per heavy atom. The summed E-state index contributed by atoms with van der Waals surface area (Å²) in [6.07, 6.45) is -0.946. The Kier molecular flexibility index (Phi) is 11.3. The molecule has 0 saturated heterocycles. The van der Waals surface area contributed by atoms with E-state index in [4.69, 9.17) is 14.6 Å². The molecule has 0 heterocycles. The van der Waals surface area contributed by atoms with E-state index in [0.29, 0.717) is 26.1 Å². The Morgan fingerprint density at radius 2 is 1.43 bits per heavy atom. The zero-order valence-electron chi connectivity index (χ0n) is 11.5. The maximum absolute atomic E-state index is 10.1. The van der Waals surface area contributed by atoms with E-state index in [-0.39, 0.29) is 13.2 Å². The normalized spacial score (nSPS) is 13.6. The van der Waals surface area contributed by atoms with Crippen LogP contribution in [0, 0.1) is 20.2 Å². The lowest BCUT2D eigenvalue weighted by Gasteiger charge is -2.10. The van der Waals surface area contributed by atoms with Crippen LogP contribution in [-0.4, -0.2) is 72.0 Å². The average Bonchev–Trinajstić information content (AvgIpc) is 2.38. The summed E-state index contributed by atoms with van der Waals surface area (Å²) in [5.74, 6) is 0. The summed E-state index contributed by atoms with van der Waals surface area (Å²) in [7, 11) is 0. The molecule has 0 aliphatic heterocycles. The zero-order valence-corrected chi connectivity index (χ0v) is 11.5. The highest BCUT2D eigenvalue weighted by Crippen LogP contribution is 1.95. The van der Waals surface area contributed by atoms with Crippen LogP contribution in [-0.2, 0) is 14.3 Å². The second-order valence-corrected chi connectivity index (χ2v) is 4.20. The van der Waals surface area contributed by atoms with Gasteiger partial charge < -0.3 is 24.5 Å². The van der Waals surface area contributed by atoms with Crippen molar-refractivity contribution in [1.82, 2.24) is 0 Å². The molecule has 0 aromatic heterocycles. The number of nitrogens with zero attached hydrogens (tertiary/aromatic N) is 2. The van der Waals surface area contributed by atoms with Gasteiger partial charge in [-0.05, 0) is 12.8 Å². The van der Waals surface area contributed by atoms with Crippen LogP contribution in [0.1, 0.15) is 12.8 Å². The molecule has 0 aromatic carbocycles. The molecule has 0 bridgehead atoms. The number of hydrogen-bond donors (Lipinski definition) is 2. The number of hydrogen-bond acceptors (Lipinski definition) is 9. The molecule has 0 radical (unpaired) electrons. The highest BCUT2D eigenvalue weighted by Gasteiger charge is 2.11. The second-order valence-electron chi connectivity index (χ2n) is 4.20. The van der Waals surface area contributed by atoms with Crippen molar-refractivity contribution < 1.29 is 34.5 Å². The summed E-state index contributed by atoms with van der Waals surface area (Å²) in [6, 6.07) is 0. The highest BCUT2D eigenvalue weighted by molar-refractivity contribution is 4.51. The van der Waals surface area contributed by atoms with Crippen molar-refractivity contribution in [1.29, 1.82) is 0 Å². The molecule has 0 aliphatic rings. The molecule has 0 amide bonds. The van der Waals surface area contributed by atoms with Crippen LogP contribution >= 0.6 is 0 Å². The largest absolute Gasteiger partial charge is 0.389 e. The van der Waals surface area contributed by atoms with E-state index in [9.17, 15) is 25.3 Å². The molecular weight excluding hydrogens is 292 g/mol. The van der Waals surface area contributed by atoms with Crippen LogP contribution in [0.25, 0.3) is 0 Å². The smallest absolute Gasteiger partial charge is 0.294 e. The number of aliphatic hydroxyl groups is 2. The molecule has 0 spiro atoms. The summed E-state index contributed by atoms with van der Waals surface area (Å²) < 4.78 is 10.1. The first kappa shape index (κ1) is 19.4. The average molecular weight is 312 g/mol. The lowest BCUT2D eigenvalue weighted by Crippen LogP contribution is -2.25. The molecule has 124 valence electrons. The van der Waals surface area contributed by atoms with Crippen molar-refractivity contribution in [2.75, 3.05) is 39.6 Å². The highest BCUT2D eigenvalue weighted by atomic mass is 17.0. The Balaban J connectivity index is 3.29. The third kappa shape index (κ3) is 14.7. The first-order chi connectivity index (χ1) is 9.91. The zero-order chi connectivity index (χ0) is 16.1. The molecule has 2 atom stereocenters. The Bertz CT molecular complexity index is 302. The number of aliphatic hydroxyl groups excluding tert-OH is 2. The number of ether oxygens (including phenoxy) is 2. The molecule has 0 aliphatic carbocycles. The molecular formula is C10H20N2O9. The SMILES string of the molecule is O=[N+]([O-])CC(O)COCCCCOCC(O)CO[N+](=O)[O-]. The maximum atomic E-state index is 10.1. The van der Waals surface area contributed by atoms with Gasteiger partial charge in [0, 0.05) is 18.1 Å². The third-order valence-corrected chi connectivity index (χ3v) is 2.18. The van der Waals surface area contributed by atoms with Crippen LogP contribution in [0.4, 0.5) is 0 Å². The van der Waals surface area contributed by atoms with E-state index in [0.717, 1.165) is 0 Å². The monoisotopic (exact) mass is 312 g/mol. The summed E-state index contributed by atoms with van der Waals surface area (Å²) in [4.78, 5) is 23.3. The summed E-state index contributed by atoms with van der Waals surface area (Å²) in [6.45, 7) is -0.506. The van der Waals surface area contributed by atoms with Crippen LogP contribution < -0.4 is 0 Å².